The summed E-state index contributed by atoms with van der Waals surface area (Å²) in [5.41, 5.74) is 0.822. The van der Waals surface area contributed by atoms with E-state index in [-0.39, 0.29) is 17.2 Å². The summed E-state index contributed by atoms with van der Waals surface area (Å²) < 4.78 is 0. The number of piperidine rings is 1. The van der Waals surface area contributed by atoms with Crippen molar-refractivity contribution >= 4 is 11.8 Å². The van der Waals surface area contributed by atoms with E-state index in [2.05, 4.69) is 51.1 Å². The maximum absolute atomic E-state index is 12.3. The van der Waals surface area contributed by atoms with Gasteiger partial charge in [-0.2, -0.15) is 0 Å². The molecule has 21 heavy (non-hydrogen) atoms. The normalized spacial score (nSPS) is 22.5. The number of hydrogen-bond donors (Lipinski definition) is 2. The second-order valence-electron chi connectivity index (χ2n) is 7.16. The first-order valence-corrected chi connectivity index (χ1v) is 7.13. The van der Waals surface area contributed by atoms with Crippen molar-refractivity contribution in [3.63, 3.8) is 0 Å². The molecule has 1 fully saturated rings. The van der Waals surface area contributed by atoms with Crippen molar-refractivity contribution in [2.45, 2.75) is 52.5 Å². The highest BCUT2D eigenvalue weighted by Gasteiger charge is 2.38. The van der Waals surface area contributed by atoms with E-state index < -0.39 is 5.54 Å². The molecule has 4 nitrogen and oxygen atoms in total. The largest absolute Gasteiger partial charge is 0.338 e. The van der Waals surface area contributed by atoms with Crippen molar-refractivity contribution in [1.82, 2.24) is 10.6 Å². The monoisotopic (exact) mass is 290 g/mol. The molecule has 0 radical (unpaired) electrons. The molecule has 0 aromatic rings. The van der Waals surface area contributed by atoms with Gasteiger partial charge in [0.05, 0.1) is 0 Å². The lowest BCUT2D eigenvalue weighted by Gasteiger charge is -2.34. The first-order valence-electron chi connectivity index (χ1n) is 7.13. The Morgan fingerprint density at radius 3 is 2.43 bits per heavy atom. The molecule has 0 aromatic heterocycles. The minimum absolute atomic E-state index is 0.0319. The summed E-state index contributed by atoms with van der Waals surface area (Å²) in [7, 11) is 0. The molecule has 1 aliphatic heterocycles. The Labute approximate surface area is 127 Å². The Morgan fingerprint density at radius 2 is 1.95 bits per heavy atom. The van der Waals surface area contributed by atoms with Crippen LogP contribution < -0.4 is 10.6 Å². The fourth-order valence-corrected chi connectivity index (χ4v) is 2.23. The quantitative estimate of drug-likeness (QED) is 0.618. The van der Waals surface area contributed by atoms with Gasteiger partial charge in [0, 0.05) is 11.3 Å². The van der Waals surface area contributed by atoms with Crippen LogP contribution >= 0.6 is 0 Å². The Bertz CT molecular complexity index is 511. The van der Waals surface area contributed by atoms with Gasteiger partial charge >= 0.3 is 0 Å². The van der Waals surface area contributed by atoms with Crippen LogP contribution in [0.25, 0.3) is 0 Å². The molecule has 2 amide bonds. The predicted octanol–water partition coefficient (Wildman–Crippen LogP) is 2.83. The van der Waals surface area contributed by atoms with Gasteiger partial charge in [0.2, 0.25) is 5.91 Å². The van der Waals surface area contributed by atoms with Crippen LogP contribution in [0.1, 0.15) is 47.0 Å². The number of rotatable bonds is 4. The molecular weight excluding hydrogens is 264 g/mol. The van der Waals surface area contributed by atoms with Crippen molar-refractivity contribution in [2.24, 2.45) is 5.41 Å². The zero-order valence-corrected chi connectivity index (χ0v) is 13.6. The van der Waals surface area contributed by atoms with E-state index in [4.69, 9.17) is 0 Å². The maximum atomic E-state index is 12.3. The fraction of sp³-hybridized carbons (Fsp3) is 0.529. The van der Waals surface area contributed by atoms with E-state index in [1.807, 2.05) is 0 Å². The molecule has 1 heterocycles. The average Bonchev–Trinajstić information content (AvgIpc) is 2.31. The number of hydrogen-bond acceptors (Lipinski definition) is 2. The molecular formula is C17H26N2O2. The molecule has 1 unspecified atom stereocenters. The molecule has 1 atom stereocenters. The predicted molar refractivity (Wildman–Crippen MR) is 85.4 cm³/mol. The molecule has 0 aromatic carbocycles. The lowest BCUT2D eigenvalue weighted by Crippen LogP contribution is -2.59. The Hall–Kier alpha value is -1.84. The molecule has 116 valence electrons. The van der Waals surface area contributed by atoms with Crippen LogP contribution in [0.2, 0.25) is 0 Å². The van der Waals surface area contributed by atoms with Crippen molar-refractivity contribution in [3.8, 4) is 0 Å². The van der Waals surface area contributed by atoms with Gasteiger partial charge < -0.3 is 10.6 Å². The van der Waals surface area contributed by atoms with Gasteiger partial charge in [-0.25, -0.2) is 0 Å². The first kappa shape index (κ1) is 17.2. The van der Waals surface area contributed by atoms with Crippen LogP contribution in [0.15, 0.2) is 36.6 Å². The van der Waals surface area contributed by atoms with E-state index >= 15 is 0 Å². The highest BCUT2D eigenvalue weighted by atomic mass is 16.2. The fourth-order valence-electron chi connectivity index (χ4n) is 2.23. The van der Waals surface area contributed by atoms with Gasteiger partial charge in [0.25, 0.3) is 5.91 Å². The van der Waals surface area contributed by atoms with Gasteiger partial charge in [0.1, 0.15) is 5.54 Å². The highest BCUT2D eigenvalue weighted by molar-refractivity contribution is 6.01. The second-order valence-corrected chi connectivity index (χ2v) is 7.16. The molecule has 0 saturated carbocycles. The second kappa shape index (κ2) is 5.88. The lowest BCUT2D eigenvalue weighted by molar-refractivity contribution is -0.132. The summed E-state index contributed by atoms with van der Waals surface area (Å²) in [6.07, 6.45) is 1.86. The van der Waals surface area contributed by atoms with Crippen LogP contribution in [0, 0.1) is 5.41 Å². The van der Waals surface area contributed by atoms with Crippen LogP contribution in [0.5, 0.6) is 0 Å². The van der Waals surface area contributed by atoms with Crippen LogP contribution in [0.3, 0.4) is 0 Å². The van der Waals surface area contributed by atoms with Gasteiger partial charge in [-0.15, -0.1) is 0 Å². The molecule has 0 spiro atoms. The molecule has 2 N–H and O–H groups in total. The minimum atomic E-state index is -0.927. The zero-order chi connectivity index (χ0) is 16.4. The third-order valence-corrected chi connectivity index (χ3v) is 3.55. The van der Waals surface area contributed by atoms with E-state index in [9.17, 15) is 9.59 Å². The summed E-state index contributed by atoms with van der Waals surface area (Å²) in [6.45, 7) is 19.4. The van der Waals surface area contributed by atoms with Crippen LogP contribution in [-0.2, 0) is 9.59 Å². The van der Waals surface area contributed by atoms with Gasteiger partial charge in [-0.3, -0.25) is 9.59 Å². The summed E-state index contributed by atoms with van der Waals surface area (Å²) in [5.74, 6) is -0.573. The molecule has 4 heteroatoms. The zero-order valence-electron chi connectivity index (χ0n) is 13.6. The smallest absolute Gasteiger partial charge is 0.251 e. The minimum Gasteiger partial charge on any atom is -0.338 e. The SMILES string of the molecule is C=C1CCC(C)(NC(=O)C(=C)C(=C)CC(C)(C)C)C(=O)N1. The molecule has 0 bridgehead atoms. The van der Waals surface area contributed by atoms with Gasteiger partial charge in [-0.05, 0) is 37.2 Å². The van der Waals surface area contributed by atoms with Crippen LogP contribution in [0.4, 0.5) is 0 Å². The summed E-state index contributed by atoms with van der Waals surface area (Å²) in [6, 6.07) is 0. The average molecular weight is 290 g/mol. The van der Waals surface area contributed by atoms with Gasteiger partial charge in [-0.1, -0.05) is 40.5 Å². The van der Waals surface area contributed by atoms with Crippen molar-refractivity contribution in [1.29, 1.82) is 0 Å². The van der Waals surface area contributed by atoms with Crippen molar-refractivity contribution in [2.75, 3.05) is 0 Å². The van der Waals surface area contributed by atoms with Gasteiger partial charge in [0.15, 0.2) is 0 Å². The van der Waals surface area contributed by atoms with Crippen molar-refractivity contribution in [3.05, 3.63) is 36.6 Å². The summed E-state index contributed by atoms with van der Waals surface area (Å²) in [5, 5.41) is 5.46. The number of carbonyl (C=O) groups excluding carboxylic acids is 2. The van der Waals surface area contributed by atoms with E-state index in [1.54, 1.807) is 6.92 Å². The van der Waals surface area contributed by atoms with Crippen molar-refractivity contribution < 1.29 is 9.59 Å². The summed E-state index contributed by atoms with van der Waals surface area (Å²) in [4.78, 5) is 24.3. The number of carbonyl (C=O) groups is 2. The van der Waals surface area contributed by atoms with E-state index in [0.717, 1.165) is 0 Å². The number of allylic oxidation sites excluding steroid dienone is 1. The summed E-state index contributed by atoms with van der Waals surface area (Å²) >= 11 is 0. The third-order valence-electron chi connectivity index (χ3n) is 3.55. The Morgan fingerprint density at radius 1 is 1.38 bits per heavy atom. The Kier molecular flexibility index (Phi) is 4.82. The number of nitrogens with one attached hydrogen (secondary N) is 2. The molecule has 1 saturated heterocycles. The van der Waals surface area contributed by atoms with E-state index in [0.29, 0.717) is 36.1 Å². The number of amides is 2. The highest BCUT2D eigenvalue weighted by Crippen LogP contribution is 2.27. The molecule has 1 aliphatic rings. The topological polar surface area (TPSA) is 58.2 Å². The third kappa shape index (κ3) is 4.59. The lowest BCUT2D eigenvalue weighted by atomic mass is 9.85. The molecule has 1 rings (SSSR count). The first-order chi connectivity index (χ1) is 9.44. The molecule has 0 aliphatic carbocycles. The van der Waals surface area contributed by atoms with E-state index in [1.165, 1.54) is 0 Å². The maximum Gasteiger partial charge on any atom is 0.251 e. The standard InChI is InChI=1S/C17H26N2O2/c1-11(10-16(4,5)6)13(3)14(20)19-17(7)9-8-12(2)18-15(17)21/h1-3,8-10H2,4-7H3,(H,18,21)(H,19,20). The van der Waals surface area contributed by atoms with Crippen LogP contribution in [-0.4, -0.2) is 17.4 Å². The Balaban J connectivity index is 2.72.